The summed E-state index contributed by atoms with van der Waals surface area (Å²) < 4.78 is 28.2. The predicted octanol–water partition coefficient (Wildman–Crippen LogP) is 2.44. The van der Waals surface area contributed by atoms with Gasteiger partial charge in [0.25, 0.3) is 0 Å². The van der Waals surface area contributed by atoms with Crippen molar-refractivity contribution in [3.63, 3.8) is 0 Å². The van der Waals surface area contributed by atoms with E-state index in [4.69, 9.17) is 0 Å². The third kappa shape index (κ3) is 5.01. The van der Waals surface area contributed by atoms with E-state index in [-0.39, 0.29) is 18.2 Å². The summed E-state index contributed by atoms with van der Waals surface area (Å²) in [4.78, 5) is 24.3. The Labute approximate surface area is 200 Å². The van der Waals surface area contributed by atoms with Gasteiger partial charge in [0.2, 0.25) is 15.9 Å². The van der Waals surface area contributed by atoms with Crippen molar-refractivity contribution in [1.82, 2.24) is 14.5 Å². The number of nitrogens with zero attached hydrogens (tertiary/aromatic N) is 2. The minimum Gasteiger partial charge on any atom is -0.379 e. The molecule has 0 aliphatic carbocycles. The molecule has 2 heterocycles. The number of urea groups is 1. The largest absolute Gasteiger partial charge is 0.379 e. The van der Waals surface area contributed by atoms with Crippen molar-refractivity contribution in [2.45, 2.75) is 43.7 Å². The van der Waals surface area contributed by atoms with E-state index in [9.17, 15) is 23.1 Å². The van der Waals surface area contributed by atoms with Crippen LogP contribution in [0.3, 0.4) is 0 Å². The molecule has 2 fully saturated rings. The lowest BCUT2D eigenvalue weighted by molar-refractivity contribution is -0.118. The van der Waals surface area contributed by atoms with E-state index >= 15 is 0 Å². The lowest BCUT2D eigenvalue weighted by Crippen LogP contribution is -2.51. The number of imide groups is 1. The molecule has 0 spiro atoms. The number of nitrogens with one attached hydrogen (secondary N) is 1. The Hall–Kier alpha value is -2.75. The maximum atomic E-state index is 13.4. The standard InChI is InChI=1S/C25H31N3O5S/c29-23-19-27(24(30)26-23)16-8-3-9-18-34(32,33)28-17-10-15-22(28)25(31,20-11-4-1-5-12-20)21-13-6-2-7-14-21/h1-2,4-7,11-14,22,31H,3,8-10,15-19H2,(H,26,29,30)/t22-/m1/s1. The first-order valence-corrected chi connectivity index (χ1v) is 13.3. The van der Waals surface area contributed by atoms with E-state index in [0.717, 1.165) is 0 Å². The Morgan fingerprint density at radius 1 is 0.941 bits per heavy atom. The van der Waals surface area contributed by atoms with Gasteiger partial charge in [0.05, 0.1) is 11.8 Å². The Bertz CT molecular complexity index is 1070. The van der Waals surface area contributed by atoms with Crippen LogP contribution in [0.1, 0.15) is 43.2 Å². The molecule has 34 heavy (non-hydrogen) atoms. The summed E-state index contributed by atoms with van der Waals surface area (Å²) in [6.45, 7) is 0.862. The van der Waals surface area contributed by atoms with Gasteiger partial charge in [0.1, 0.15) is 12.1 Å². The Morgan fingerprint density at radius 3 is 2.12 bits per heavy atom. The normalized spacial score (nSPS) is 19.6. The molecule has 4 rings (SSSR count). The van der Waals surface area contributed by atoms with Crippen LogP contribution < -0.4 is 5.32 Å². The summed E-state index contributed by atoms with van der Waals surface area (Å²) in [5.74, 6) is -0.328. The van der Waals surface area contributed by atoms with Gasteiger partial charge in [-0.05, 0) is 36.8 Å². The molecule has 0 saturated carbocycles. The number of carbonyl (C=O) groups excluding carboxylic acids is 2. The Balaban J connectivity index is 1.45. The number of amides is 3. The lowest BCUT2D eigenvalue weighted by atomic mass is 9.79. The van der Waals surface area contributed by atoms with E-state index in [1.54, 1.807) is 0 Å². The number of rotatable bonds is 10. The lowest BCUT2D eigenvalue weighted by Gasteiger charge is -2.39. The van der Waals surface area contributed by atoms with Crippen molar-refractivity contribution in [1.29, 1.82) is 0 Å². The van der Waals surface area contributed by atoms with Crippen LogP contribution in [0.4, 0.5) is 4.79 Å². The van der Waals surface area contributed by atoms with Gasteiger partial charge in [-0.2, -0.15) is 4.31 Å². The summed E-state index contributed by atoms with van der Waals surface area (Å²) in [7, 11) is -3.60. The van der Waals surface area contributed by atoms with Gasteiger partial charge in [-0.25, -0.2) is 13.2 Å². The highest BCUT2D eigenvalue weighted by Crippen LogP contribution is 2.41. The van der Waals surface area contributed by atoms with Crippen LogP contribution in [-0.2, 0) is 20.4 Å². The van der Waals surface area contributed by atoms with Crippen LogP contribution in [-0.4, -0.2) is 66.1 Å². The van der Waals surface area contributed by atoms with Crippen molar-refractivity contribution in [3.8, 4) is 0 Å². The third-order valence-corrected chi connectivity index (χ3v) is 8.63. The van der Waals surface area contributed by atoms with Crippen molar-refractivity contribution < 1.29 is 23.1 Å². The first-order valence-electron chi connectivity index (χ1n) is 11.7. The summed E-state index contributed by atoms with van der Waals surface area (Å²) in [5.41, 5.74) is -0.111. The highest BCUT2D eigenvalue weighted by atomic mass is 32.2. The second kappa shape index (κ2) is 10.2. The van der Waals surface area contributed by atoms with Gasteiger partial charge in [-0.15, -0.1) is 0 Å². The zero-order chi connectivity index (χ0) is 24.2. The smallest absolute Gasteiger partial charge is 0.324 e. The van der Waals surface area contributed by atoms with Crippen molar-refractivity contribution in [3.05, 3.63) is 71.8 Å². The first kappa shape index (κ1) is 24.4. The monoisotopic (exact) mass is 485 g/mol. The van der Waals surface area contributed by atoms with Crippen LogP contribution >= 0.6 is 0 Å². The van der Waals surface area contributed by atoms with E-state index < -0.39 is 27.7 Å². The molecule has 3 amide bonds. The fraction of sp³-hybridized carbons (Fsp3) is 0.440. The van der Waals surface area contributed by atoms with Gasteiger partial charge in [-0.3, -0.25) is 10.1 Å². The number of benzene rings is 2. The molecule has 2 saturated heterocycles. The maximum absolute atomic E-state index is 13.4. The average molecular weight is 486 g/mol. The van der Waals surface area contributed by atoms with Crippen molar-refractivity contribution >= 4 is 22.0 Å². The highest BCUT2D eigenvalue weighted by molar-refractivity contribution is 7.89. The molecule has 0 bridgehead atoms. The molecule has 2 aromatic rings. The van der Waals surface area contributed by atoms with E-state index in [1.807, 2.05) is 60.7 Å². The SMILES string of the molecule is O=C1CN(CCCCCS(=O)(=O)N2CCC[C@@H]2C(O)(c2ccccc2)c2ccccc2)C(=O)N1. The van der Waals surface area contributed by atoms with Crippen LogP contribution in [0.2, 0.25) is 0 Å². The minimum absolute atomic E-state index is 0.0196. The fourth-order valence-corrected chi connectivity index (χ4v) is 6.83. The van der Waals surface area contributed by atoms with Crippen LogP contribution in [0.15, 0.2) is 60.7 Å². The number of carbonyl (C=O) groups is 2. The molecule has 0 aromatic heterocycles. The number of hydrogen-bond acceptors (Lipinski definition) is 5. The predicted molar refractivity (Wildman–Crippen MR) is 128 cm³/mol. The second-order valence-electron chi connectivity index (χ2n) is 8.92. The van der Waals surface area contributed by atoms with Crippen LogP contribution in [0.25, 0.3) is 0 Å². The Kier molecular flexibility index (Phi) is 7.35. The number of hydrogen-bond donors (Lipinski definition) is 2. The van der Waals surface area contributed by atoms with E-state index in [0.29, 0.717) is 56.3 Å². The van der Waals surface area contributed by atoms with Crippen LogP contribution in [0.5, 0.6) is 0 Å². The summed E-state index contributed by atoms with van der Waals surface area (Å²) in [5, 5.41) is 14.3. The highest BCUT2D eigenvalue weighted by Gasteiger charge is 2.49. The van der Waals surface area contributed by atoms with Crippen molar-refractivity contribution in [2.75, 3.05) is 25.4 Å². The first-order chi connectivity index (χ1) is 16.3. The Morgan fingerprint density at radius 2 is 1.56 bits per heavy atom. The fourth-order valence-electron chi connectivity index (χ4n) is 4.97. The van der Waals surface area contributed by atoms with Crippen LogP contribution in [0, 0.1) is 0 Å². The van der Waals surface area contributed by atoms with E-state index in [2.05, 4.69) is 5.32 Å². The van der Waals surface area contributed by atoms with Gasteiger partial charge in [0, 0.05) is 13.1 Å². The molecule has 2 aromatic carbocycles. The zero-order valence-electron chi connectivity index (χ0n) is 19.1. The summed E-state index contributed by atoms with van der Waals surface area (Å²) >= 11 is 0. The summed E-state index contributed by atoms with van der Waals surface area (Å²) in [6.07, 6.45) is 2.95. The van der Waals surface area contributed by atoms with Gasteiger partial charge < -0.3 is 10.0 Å². The number of sulfonamides is 1. The maximum Gasteiger partial charge on any atom is 0.324 e. The van der Waals surface area contributed by atoms with E-state index in [1.165, 1.54) is 9.21 Å². The molecule has 0 radical (unpaired) electrons. The minimum atomic E-state index is -3.60. The van der Waals surface area contributed by atoms with Gasteiger partial charge in [-0.1, -0.05) is 67.1 Å². The molecule has 182 valence electrons. The quantitative estimate of drug-likeness (QED) is 0.397. The molecule has 9 heteroatoms. The average Bonchev–Trinajstić information content (AvgIpc) is 3.46. The molecule has 2 N–H and O–H groups in total. The van der Waals surface area contributed by atoms with Gasteiger partial charge >= 0.3 is 6.03 Å². The third-order valence-electron chi connectivity index (χ3n) is 6.67. The second-order valence-corrected chi connectivity index (χ2v) is 11.0. The molecular formula is C25H31N3O5S. The number of unbranched alkanes of at least 4 members (excludes halogenated alkanes) is 2. The molecule has 1 atom stereocenters. The molecule has 0 unspecified atom stereocenters. The molecule has 8 nitrogen and oxygen atoms in total. The molecule has 2 aliphatic rings. The topological polar surface area (TPSA) is 107 Å². The summed E-state index contributed by atoms with van der Waals surface area (Å²) in [6, 6.07) is 17.5. The number of aliphatic hydroxyl groups is 1. The zero-order valence-corrected chi connectivity index (χ0v) is 19.9. The molecular weight excluding hydrogens is 454 g/mol. The molecule has 2 aliphatic heterocycles. The van der Waals surface area contributed by atoms with Gasteiger partial charge in [0.15, 0.2) is 0 Å². The van der Waals surface area contributed by atoms with Crippen molar-refractivity contribution in [2.24, 2.45) is 0 Å².